The Morgan fingerprint density at radius 1 is 1.39 bits per heavy atom. The summed E-state index contributed by atoms with van der Waals surface area (Å²) in [7, 11) is 1.60. The molecule has 0 amide bonds. The molecular formula is C12H9N3O2S. The Morgan fingerprint density at radius 3 is 3.00 bits per heavy atom. The van der Waals surface area contributed by atoms with Gasteiger partial charge in [-0.15, -0.1) is 0 Å². The zero-order chi connectivity index (χ0) is 12.5. The highest BCUT2D eigenvalue weighted by Crippen LogP contribution is 2.17. The van der Waals surface area contributed by atoms with Gasteiger partial charge >= 0.3 is 0 Å². The third kappa shape index (κ3) is 1.67. The second-order valence-electron chi connectivity index (χ2n) is 3.61. The van der Waals surface area contributed by atoms with Crippen LogP contribution >= 0.6 is 11.3 Å². The molecule has 0 unspecified atom stereocenters. The topological polar surface area (TPSA) is 56.5 Å². The molecule has 0 saturated heterocycles. The SMILES string of the molecule is COc1ccccc1/C=c1/sc2ncnn2c1=O. The first-order valence-electron chi connectivity index (χ1n) is 5.27. The Balaban J connectivity index is 2.24. The number of methoxy groups -OCH3 is 1. The smallest absolute Gasteiger partial charge is 0.291 e. The molecule has 0 atom stereocenters. The number of hydrogen-bond donors (Lipinski definition) is 0. The quantitative estimate of drug-likeness (QED) is 0.680. The fourth-order valence-corrected chi connectivity index (χ4v) is 2.58. The Kier molecular flexibility index (Phi) is 2.56. The van der Waals surface area contributed by atoms with Gasteiger partial charge in [0.05, 0.1) is 11.6 Å². The molecule has 0 N–H and O–H groups in total. The number of nitrogens with zero attached hydrogens (tertiary/aromatic N) is 3. The molecule has 0 aliphatic heterocycles. The second-order valence-corrected chi connectivity index (χ2v) is 4.62. The largest absolute Gasteiger partial charge is 0.496 e. The molecule has 90 valence electrons. The lowest BCUT2D eigenvalue weighted by atomic mass is 10.2. The molecule has 0 spiro atoms. The van der Waals surface area contributed by atoms with Crippen molar-refractivity contribution in [3.63, 3.8) is 0 Å². The lowest BCUT2D eigenvalue weighted by Gasteiger charge is -2.02. The van der Waals surface area contributed by atoms with E-state index in [0.29, 0.717) is 9.49 Å². The Hall–Kier alpha value is -2.21. The van der Waals surface area contributed by atoms with Crippen LogP contribution in [0.2, 0.25) is 0 Å². The van der Waals surface area contributed by atoms with Crippen LogP contribution in [0.4, 0.5) is 0 Å². The van der Waals surface area contributed by atoms with E-state index in [-0.39, 0.29) is 5.56 Å². The van der Waals surface area contributed by atoms with E-state index in [2.05, 4.69) is 10.1 Å². The molecule has 0 radical (unpaired) electrons. The number of rotatable bonds is 2. The van der Waals surface area contributed by atoms with Gasteiger partial charge < -0.3 is 4.74 Å². The van der Waals surface area contributed by atoms with Crippen molar-refractivity contribution >= 4 is 22.4 Å². The lowest BCUT2D eigenvalue weighted by molar-refractivity contribution is 0.414. The van der Waals surface area contributed by atoms with E-state index in [1.165, 1.54) is 22.2 Å². The number of hydrogen-bond acceptors (Lipinski definition) is 5. The molecule has 2 heterocycles. The summed E-state index contributed by atoms with van der Waals surface area (Å²) in [5.74, 6) is 0.732. The first-order valence-corrected chi connectivity index (χ1v) is 6.08. The lowest BCUT2D eigenvalue weighted by Crippen LogP contribution is -2.23. The van der Waals surface area contributed by atoms with E-state index in [1.807, 2.05) is 24.3 Å². The summed E-state index contributed by atoms with van der Waals surface area (Å²) in [5, 5.41) is 3.88. The molecule has 5 nitrogen and oxygen atoms in total. The fraction of sp³-hybridized carbons (Fsp3) is 0.0833. The predicted octanol–water partition coefficient (Wildman–Crippen LogP) is 0.707. The van der Waals surface area contributed by atoms with Crippen LogP contribution in [0.15, 0.2) is 35.4 Å². The van der Waals surface area contributed by atoms with Crippen molar-refractivity contribution in [2.75, 3.05) is 7.11 Å². The van der Waals surface area contributed by atoms with Crippen molar-refractivity contribution in [3.05, 3.63) is 51.0 Å². The van der Waals surface area contributed by atoms with Crippen molar-refractivity contribution in [2.24, 2.45) is 0 Å². The molecule has 0 fully saturated rings. The van der Waals surface area contributed by atoms with Crippen molar-refractivity contribution in [1.29, 1.82) is 0 Å². The minimum atomic E-state index is -0.154. The Labute approximate surface area is 106 Å². The van der Waals surface area contributed by atoms with Crippen LogP contribution < -0.4 is 14.8 Å². The Morgan fingerprint density at radius 2 is 2.22 bits per heavy atom. The number of para-hydroxylation sites is 1. The molecule has 18 heavy (non-hydrogen) atoms. The van der Waals surface area contributed by atoms with Crippen LogP contribution in [0.25, 0.3) is 11.0 Å². The highest BCUT2D eigenvalue weighted by atomic mass is 32.1. The van der Waals surface area contributed by atoms with Gasteiger partial charge in [0.15, 0.2) is 0 Å². The maximum absolute atomic E-state index is 12.0. The van der Waals surface area contributed by atoms with Gasteiger partial charge in [-0.2, -0.15) is 9.61 Å². The van der Waals surface area contributed by atoms with Crippen LogP contribution in [-0.2, 0) is 0 Å². The number of ether oxygens (including phenoxy) is 1. The van der Waals surface area contributed by atoms with E-state index in [4.69, 9.17) is 4.74 Å². The summed E-state index contributed by atoms with van der Waals surface area (Å²) < 4.78 is 7.14. The van der Waals surface area contributed by atoms with Crippen molar-refractivity contribution in [3.8, 4) is 5.75 Å². The van der Waals surface area contributed by atoms with Crippen LogP contribution in [-0.4, -0.2) is 21.7 Å². The van der Waals surface area contributed by atoms with Crippen LogP contribution in [0, 0.1) is 0 Å². The minimum absolute atomic E-state index is 0.154. The molecule has 2 aromatic heterocycles. The van der Waals surface area contributed by atoms with E-state index in [1.54, 1.807) is 13.2 Å². The number of aromatic nitrogens is 3. The van der Waals surface area contributed by atoms with Gasteiger partial charge in [0, 0.05) is 5.56 Å². The molecular weight excluding hydrogens is 250 g/mol. The maximum atomic E-state index is 12.0. The second kappa shape index (κ2) is 4.23. The standard InChI is InChI=1S/C12H9N3O2S/c1-17-9-5-3-2-4-8(9)6-10-11(16)15-12(18-10)13-7-14-15/h2-7H,1H3/b10-6+. The minimum Gasteiger partial charge on any atom is -0.496 e. The van der Waals surface area contributed by atoms with Crippen LogP contribution in [0.3, 0.4) is 0 Å². The number of fused-ring (bicyclic) bond motifs is 1. The maximum Gasteiger partial charge on any atom is 0.291 e. The average Bonchev–Trinajstić information content (AvgIpc) is 2.95. The highest BCUT2D eigenvalue weighted by molar-refractivity contribution is 7.15. The van der Waals surface area contributed by atoms with Gasteiger partial charge in [0.1, 0.15) is 12.1 Å². The summed E-state index contributed by atoms with van der Waals surface area (Å²) in [6.45, 7) is 0. The molecule has 0 aliphatic rings. The molecule has 3 aromatic rings. The summed E-state index contributed by atoms with van der Waals surface area (Å²) in [6.07, 6.45) is 3.17. The molecule has 6 heteroatoms. The summed E-state index contributed by atoms with van der Waals surface area (Å²) in [6, 6.07) is 7.54. The van der Waals surface area contributed by atoms with Gasteiger partial charge in [-0.3, -0.25) is 4.79 Å². The summed E-state index contributed by atoms with van der Waals surface area (Å²) in [4.78, 5) is 16.6. The Bertz CT molecular complexity index is 806. The molecule has 0 aliphatic carbocycles. The average molecular weight is 259 g/mol. The molecule has 1 aromatic carbocycles. The van der Waals surface area contributed by atoms with Crippen molar-refractivity contribution < 1.29 is 4.74 Å². The molecule has 3 rings (SSSR count). The van der Waals surface area contributed by atoms with Crippen molar-refractivity contribution in [2.45, 2.75) is 0 Å². The first-order chi connectivity index (χ1) is 8.79. The van der Waals surface area contributed by atoms with E-state index >= 15 is 0 Å². The van der Waals surface area contributed by atoms with E-state index in [9.17, 15) is 4.79 Å². The third-order valence-corrected chi connectivity index (χ3v) is 3.52. The normalized spacial score (nSPS) is 12.2. The summed E-state index contributed by atoms with van der Waals surface area (Å²) in [5.41, 5.74) is 0.708. The third-order valence-electron chi connectivity index (χ3n) is 2.55. The zero-order valence-electron chi connectivity index (χ0n) is 9.53. The highest BCUT2D eigenvalue weighted by Gasteiger charge is 2.06. The van der Waals surface area contributed by atoms with Crippen LogP contribution in [0.5, 0.6) is 5.75 Å². The van der Waals surface area contributed by atoms with Gasteiger partial charge in [-0.05, 0) is 12.1 Å². The van der Waals surface area contributed by atoms with Crippen molar-refractivity contribution in [1.82, 2.24) is 14.6 Å². The molecule has 0 bridgehead atoms. The van der Waals surface area contributed by atoms with Gasteiger partial charge in [-0.25, -0.2) is 4.98 Å². The first kappa shape index (κ1) is 10.9. The van der Waals surface area contributed by atoms with Crippen LogP contribution in [0.1, 0.15) is 5.56 Å². The van der Waals surface area contributed by atoms with Gasteiger partial charge in [-0.1, -0.05) is 29.5 Å². The fourth-order valence-electron chi connectivity index (χ4n) is 1.70. The van der Waals surface area contributed by atoms with E-state index < -0.39 is 0 Å². The summed E-state index contributed by atoms with van der Waals surface area (Å²) >= 11 is 1.31. The zero-order valence-corrected chi connectivity index (χ0v) is 10.3. The predicted molar refractivity (Wildman–Crippen MR) is 68.9 cm³/mol. The monoisotopic (exact) mass is 259 g/mol. The number of thiazole rings is 1. The van der Waals surface area contributed by atoms with E-state index in [0.717, 1.165) is 11.3 Å². The number of benzene rings is 1. The van der Waals surface area contributed by atoms with Gasteiger partial charge in [0.25, 0.3) is 5.56 Å². The molecule has 0 saturated carbocycles. The van der Waals surface area contributed by atoms with Gasteiger partial charge in [0.2, 0.25) is 4.96 Å².